The fourth-order valence-electron chi connectivity index (χ4n) is 0.853. The van der Waals surface area contributed by atoms with E-state index in [1.54, 1.807) is 0 Å². The molecule has 0 bridgehead atoms. The smallest absolute Gasteiger partial charge is 0.145 e. The van der Waals surface area contributed by atoms with Gasteiger partial charge in [-0.15, -0.1) is 0 Å². The van der Waals surface area contributed by atoms with Gasteiger partial charge >= 0.3 is 0 Å². The van der Waals surface area contributed by atoms with E-state index in [2.05, 4.69) is 36.4 Å². The largest absolute Gasteiger partial charge is 0.299 e. The van der Waals surface area contributed by atoms with E-state index in [4.69, 9.17) is 0 Å². The predicted molar refractivity (Wildman–Crippen MR) is 48.0 cm³/mol. The van der Waals surface area contributed by atoms with Gasteiger partial charge in [0.25, 0.3) is 0 Å². The summed E-state index contributed by atoms with van der Waals surface area (Å²) in [6.07, 6.45) is 2.00. The molecule has 0 atom stereocenters. The Bertz CT molecular complexity index is 86.9. The highest BCUT2D eigenvalue weighted by Crippen LogP contribution is 2.09. The van der Waals surface area contributed by atoms with Crippen molar-refractivity contribution in [3.05, 3.63) is 0 Å². The summed E-state index contributed by atoms with van der Waals surface area (Å²) >= 11 is 2.13. The molecule has 0 unspecified atom stereocenters. The number of hydrogen-bond donors (Lipinski definition) is 0. The average Bonchev–Trinajstić information content (AvgIpc) is 1.90. The Labute approximate surface area is 70.4 Å². The molecular weight excluding hydrogens is 227 g/mol. The third-order valence-electron chi connectivity index (χ3n) is 1.57. The van der Waals surface area contributed by atoms with Crippen LogP contribution >= 0.6 is 22.6 Å². The van der Waals surface area contributed by atoms with Crippen molar-refractivity contribution in [2.24, 2.45) is 5.92 Å². The molecule has 2 heteroatoms. The van der Waals surface area contributed by atoms with Crippen LogP contribution < -0.4 is 0 Å². The van der Waals surface area contributed by atoms with Crippen molar-refractivity contribution in [2.75, 3.05) is 4.43 Å². The molecule has 0 aromatic heterocycles. The van der Waals surface area contributed by atoms with E-state index in [0.29, 0.717) is 16.1 Å². The SMILES string of the molecule is CCC(CC)C(=O)CI. The summed E-state index contributed by atoms with van der Waals surface area (Å²) in [5.74, 6) is 0.725. The monoisotopic (exact) mass is 240 g/mol. The van der Waals surface area contributed by atoms with Gasteiger partial charge in [0, 0.05) is 5.92 Å². The fraction of sp³-hybridized carbons (Fsp3) is 0.857. The Morgan fingerprint density at radius 3 is 2.00 bits per heavy atom. The van der Waals surface area contributed by atoms with Gasteiger partial charge in [-0.1, -0.05) is 36.4 Å². The first-order valence-corrected chi connectivity index (χ1v) is 4.87. The van der Waals surface area contributed by atoms with Gasteiger partial charge in [0.05, 0.1) is 4.43 Å². The number of Topliss-reactive ketones (excluding diaryl/α,β-unsaturated/α-hetero) is 1. The number of carbonyl (C=O) groups excluding carboxylic acids is 1. The van der Waals surface area contributed by atoms with Gasteiger partial charge in [-0.2, -0.15) is 0 Å². The maximum Gasteiger partial charge on any atom is 0.145 e. The summed E-state index contributed by atoms with van der Waals surface area (Å²) in [7, 11) is 0. The van der Waals surface area contributed by atoms with Gasteiger partial charge in [0.1, 0.15) is 5.78 Å². The Morgan fingerprint density at radius 2 is 1.89 bits per heavy atom. The second-order valence-electron chi connectivity index (χ2n) is 2.11. The Hall–Kier alpha value is 0.400. The Balaban J connectivity index is 3.64. The summed E-state index contributed by atoms with van der Waals surface area (Å²) in [6, 6.07) is 0. The van der Waals surface area contributed by atoms with Gasteiger partial charge in [-0.3, -0.25) is 4.79 Å². The van der Waals surface area contributed by atoms with E-state index in [0.717, 1.165) is 12.8 Å². The van der Waals surface area contributed by atoms with Crippen molar-refractivity contribution in [1.29, 1.82) is 0 Å². The quantitative estimate of drug-likeness (QED) is 0.544. The van der Waals surface area contributed by atoms with E-state index in [-0.39, 0.29) is 0 Å². The van der Waals surface area contributed by atoms with Crippen LogP contribution in [0.5, 0.6) is 0 Å². The number of halogens is 1. The molecule has 0 aromatic carbocycles. The van der Waals surface area contributed by atoms with Crippen molar-refractivity contribution in [3.63, 3.8) is 0 Å². The molecule has 0 amide bonds. The van der Waals surface area contributed by atoms with Crippen molar-refractivity contribution in [2.45, 2.75) is 26.7 Å². The molecule has 0 rings (SSSR count). The van der Waals surface area contributed by atoms with Crippen molar-refractivity contribution >= 4 is 28.4 Å². The van der Waals surface area contributed by atoms with E-state index < -0.39 is 0 Å². The maximum absolute atomic E-state index is 11.0. The summed E-state index contributed by atoms with van der Waals surface area (Å²) < 4.78 is 0.671. The van der Waals surface area contributed by atoms with Crippen LogP contribution in [0.15, 0.2) is 0 Å². The van der Waals surface area contributed by atoms with Gasteiger partial charge in [-0.25, -0.2) is 0 Å². The van der Waals surface area contributed by atoms with Crippen LogP contribution in [0.2, 0.25) is 0 Å². The lowest BCUT2D eigenvalue weighted by Gasteiger charge is -2.06. The summed E-state index contributed by atoms with van der Waals surface area (Å²) in [6.45, 7) is 4.14. The zero-order valence-corrected chi connectivity index (χ0v) is 8.14. The number of hydrogen-bond acceptors (Lipinski definition) is 1. The highest BCUT2D eigenvalue weighted by atomic mass is 127. The number of carbonyl (C=O) groups is 1. The van der Waals surface area contributed by atoms with Crippen LogP contribution in [0.4, 0.5) is 0 Å². The first-order chi connectivity index (χ1) is 4.26. The summed E-state index contributed by atoms with van der Waals surface area (Å²) in [4.78, 5) is 11.0. The van der Waals surface area contributed by atoms with E-state index in [9.17, 15) is 4.79 Å². The van der Waals surface area contributed by atoms with Crippen molar-refractivity contribution < 1.29 is 4.79 Å². The van der Waals surface area contributed by atoms with Crippen LogP contribution in [0.25, 0.3) is 0 Å². The van der Waals surface area contributed by atoms with E-state index >= 15 is 0 Å². The molecule has 0 radical (unpaired) electrons. The third kappa shape index (κ3) is 3.18. The van der Waals surface area contributed by atoms with Crippen LogP contribution in [-0.4, -0.2) is 10.2 Å². The number of alkyl halides is 1. The van der Waals surface area contributed by atoms with Crippen LogP contribution in [0.1, 0.15) is 26.7 Å². The summed E-state index contributed by atoms with van der Waals surface area (Å²) in [5.41, 5.74) is 0. The Morgan fingerprint density at radius 1 is 1.44 bits per heavy atom. The van der Waals surface area contributed by atoms with E-state index in [1.165, 1.54) is 0 Å². The van der Waals surface area contributed by atoms with Crippen LogP contribution in [0.3, 0.4) is 0 Å². The molecule has 0 fully saturated rings. The molecular formula is C7H13IO. The topological polar surface area (TPSA) is 17.1 Å². The standard InChI is InChI=1S/C7H13IO/c1-3-6(4-2)7(9)5-8/h6H,3-5H2,1-2H3. The highest BCUT2D eigenvalue weighted by Gasteiger charge is 2.10. The molecule has 0 aliphatic rings. The summed E-state index contributed by atoms with van der Waals surface area (Å²) in [5, 5.41) is 0. The van der Waals surface area contributed by atoms with Gasteiger partial charge in [-0.05, 0) is 12.8 Å². The van der Waals surface area contributed by atoms with E-state index in [1.807, 2.05) is 0 Å². The highest BCUT2D eigenvalue weighted by molar-refractivity contribution is 14.1. The minimum Gasteiger partial charge on any atom is -0.299 e. The lowest BCUT2D eigenvalue weighted by Crippen LogP contribution is -2.13. The van der Waals surface area contributed by atoms with Crippen molar-refractivity contribution in [3.8, 4) is 0 Å². The zero-order chi connectivity index (χ0) is 7.28. The molecule has 0 aromatic rings. The molecule has 0 saturated heterocycles. The van der Waals surface area contributed by atoms with Gasteiger partial charge in [0.2, 0.25) is 0 Å². The van der Waals surface area contributed by atoms with Gasteiger partial charge < -0.3 is 0 Å². The Kier molecular flexibility index (Phi) is 5.44. The minimum absolute atomic E-state index is 0.321. The fourth-order valence-corrected chi connectivity index (χ4v) is 1.48. The predicted octanol–water partition coefficient (Wildman–Crippen LogP) is 2.43. The zero-order valence-electron chi connectivity index (χ0n) is 5.98. The molecule has 0 heterocycles. The average molecular weight is 240 g/mol. The normalized spacial score (nSPS) is 10.2. The van der Waals surface area contributed by atoms with Crippen LogP contribution in [-0.2, 0) is 4.79 Å². The molecule has 9 heavy (non-hydrogen) atoms. The number of rotatable bonds is 4. The second kappa shape index (κ2) is 5.21. The first-order valence-electron chi connectivity index (χ1n) is 3.34. The third-order valence-corrected chi connectivity index (χ3v) is 2.32. The molecule has 0 spiro atoms. The van der Waals surface area contributed by atoms with Crippen LogP contribution in [0, 0.1) is 5.92 Å². The lowest BCUT2D eigenvalue weighted by atomic mass is 10.00. The molecule has 0 N–H and O–H groups in total. The maximum atomic E-state index is 11.0. The second-order valence-corrected chi connectivity index (χ2v) is 2.88. The molecule has 0 aliphatic carbocycles. The molecule has 0 aliphatic heterocycles. The molecule has 1 nitrogen and oxygen atoms in total. The number of ketones is 1. The molecule has 54 valence electrons. The minimum atomic E-state index is 0.321. The van der Waals surface area contributed by atoms with Gasteiger partial charge in [0.15, 0.2) is 0 Å². The molecule has 0 saturated carbocycles. The lowest BCUT2D eigenvalue weighted by molar-refractivity contribution is -0.120. The first kappa shape index (κ1) is 9.40. The van der Waals surface area contributed by atoms with Crippen molar-refractivity contribution in [1.82, 2.24) is 0 Å².